The number of Topliss-reactive ketones (excluding diaryl/α,β-unsaturated/α-hetero) is 2. The number of hydrogen-bond donors (Lipinski definition) is 4. The molecule has 14 aliphatic rings. The molecule has 8 bridgehead atoms. The van der Waals surface area contributed by atoms with E-state index in [0.29, 0.717) is 66.9 Å². The molecule has 4 amide bonds. The molecule has 8 aromatic rings. The van der Waals surface area contributed by atoms with Crippen LogP contribution in [0.1, 0.15) is 191 Å². The maximum atomic E-state index is 13.4. The average molecular weight is 1720 g/mol. The number of aromatic nitrogens is 16. The second-order valence-electron chi connectivity index (χ2n) is 35.6. The molecular weight excluding hydrogens is 1630 g/mol. The number of halogens is 8. The van der Waals surface area contributed by atoms with Crippen molar-refractivity contribution in [2.24, 2.45) is 23.7 Å². The molecule has 12 atom stereocenters. The minimum atomic E-state index is -2.84. The molecule has 16 heterocycles. The molecule has 6 saturated carbocycles. The molecule has 0 aromatic carbocycles. The minimum absolute atomic E-state index is 0.00435. The summed E-state index contributed by atoms with van der Waals surface area (Å²) in [5.41, 5.74) is 9.72. The number of alkyl halides is 8. The first-order chi connectivity index (χ1) is 60.0. The number of nitrogens with zero attached hydrogens (tertiary/aromatic N) is 20. The minimum Gasteiger partial charge on any atom is -0.332 e. The smallest absolute Gasteiger partial charge is 0.260 e. The fourth-order valence-corrected chi connectivity index (χ4v) is 19.3. The zero-order valence-corrected chi connectivity index (χ0v) is 68.9. The Bertz CT molecular complexity index is 5690. The third-order valence-electron chi connectivity index (χ3n) is 26.6. The summed E-state index contributed by atoms with van der Waals surface area (Å²) in [5, 5.41) is 29.8. The molecule has 38 heteroatoms. The predicted molar refractivity (Wildman–Crippen MR) is 439 cm³/mol. The van der Waals surface area contributed by atoms with Gasteiger partial charge in [-0.1, -0.05) is 31.2 Å². The lowest BCUT2D eigenvalue weighted by atomic mass is 9.93. The summed E-state index contributed by atoms with van der Waals surface area (Å²) in [6.07, 6.45) is 42.7. The van der Waals surface area contributed by atoms with E-state index >= 15 is 0 Å². The van der Waals surface area contributed by atoms with E-state index in [-0.39, 0.29) is 98.0 Å². The molecular formula is C87H94F8N24O6. The van der Waals surface area contributed by atoms with Gasteiger partial charge in [0.1, 0.15) is 29.2 Å². The highest BCUT2D eigenvalue weighted by atomic mass is 19.3. The predicted octanol–water partition coefficient (Wildman–Crippen LogP) is 13.7. The van der Waals surface area contributed by atoms with Crippen LogP contribution < -0.4 is 21.3 Å². The number of rotatable bonds is 23. The summed E-state index contributed by atoms with van der Waals surface area (Å²) in [6, 6.07) is 7.09. The van der Waals surface area contributed by atoms with E-state index in [1.54, 1.807) is 93.2 Å². The first-order valence-corrected chi connectivity index (χ1v) is 43.2. The Morgan fingerprint density at radius 3 is 1.02 bits per heavy atom. The normalized spacial score (nSPS) is 27.4. The third-order valence-corrected chi connectivity index (χ3v) is 26.6. The number of carbonyl (C=O) groups excluding carboxylic acids is 6. The number of fused-ring (bicyclic) bond motifs is 8. The van der Waals surface area contributed by atoms with Gasteiger partial charge < -0.3 is 40.9 Å². The maximum absolute atomic E-state index is 13.4. The number of anilines is 8. The Morgan fingerprint density at radius 2 is 0.720 bits per heavy atom. The summed E-state index contributed by atoms with van der Waals surface area (Å²) in [4.78, 5) is 116. The van der Waals surface area contributed by atoms with E-state index in [2.05, 4.69) is 88.5 Å². The van der Waals surface area contributed by atoms with Gasteiger partial charge in [0.25, 0.3) is 23.7 Å². The Kier molecular flexibility index (Phi) is 21.3. The van der Waals surface area contributed by atoms with Crippen LogP contribution in [0.5, 0.6) is 0 Å². The van der Waals surface area contributed by atoms with Gasteiger partial charge in [-0.15, -0.1) is 0 Å². The van der Waals surface area contributed by atoms with Crippen LogP contribution in [0, 0.1) is 23.7 Å². The van der Waals surface area contributed by atoms with Crippen molar-refractivity contribution in [3.63, 3.8) is 0 Å². The molecule has 654 valence electrons. The van der Waals surface area contributed by atoms with Crippen LogP contribution in [0.15, 0.2) is 123 Å². The van der Waals surface area contributed by atoms with E-state index in [9.17, 15) is 63.9 Å². The molecule has 8 aliphatic heterocycles. The van der Waals surface area contributed by atoms with E-state index in [4.69, 9.17) is 0 Å². The number of hydrogen-bond acceptors (Lipinski definition) is 22. The largest absolute Gasteiger partial charge is 0.332 e. The summed E-state index contributed by atoms with van der Waals surface area (Å²) in [6.45, 7) is 6.22. The van der Waals surface area contributed by atoms with Crippen molar-refractivity contribution in [1.29, 1.82) is 0 Å². The van der Waals surface area contributed by atoms with E-state index in [1.807, 2.05) is 70.3 Å². The molecule has 22 rings (SSSR count). The third kappa shape index (κ3) is 17.0. The number of nitrogens with one attached hydrogen (secondary N) is 4. The van der Waals surface area contributed by atoms with Gasteiger partial charge in [-0.25, -0.2) is 75.0 Å². The van der Waals surface area contributed by atoms with Gasteiger partial charge in [-0.05, 0) is 176 Å². The number of amides is 4. The monoisotopic (exact) mass is 1720 g/mol. The zero-order chi connectivity index (χ0) is 86.8. The van der Waals surface area contributed by atoms with Crippen LogP contribution in [0.3, 0.4) is 0 Å². The van der Waals surface area contributed by atoms with E-state index < -0.39 is 70.6 Å². The van der Waals surface area contributed by atoms with Gasteiger partial charge in [-0.2, -0.15) is 20.4 Å². The molecule has 30 nitrogen and oxygen atoms in total. The topological polar surface area (TPSA) is 338 Å². The number of ketones is 2. The van der Waals surface area contributed by atoms with Crippen molar-refractivity contribution < 1.29 is 63.9 Å². The van der Waals surface area contributed by atoms with Gasteiger partial charge in [0.15, 0.2) is 11.6 Å². The molecule has 8 aromatic heterocycles. The molecule has 10 fully saturated rings. The van der Waals surface area contributed by atoms with Crippen molar-refractivity contribution >= 4 is 104 Å². The quantitative estimate of drug-likeness (QED) is 0.0432. The Hall–Kier alpha value is -12.0. The van der Waals surface area contributed by atoms with Gasteiger partial charge in [0.05, 0.1) is 107 Å². The van der Waals surface area contributed by atoms with Crippen LogP contribution in [-0.4, -0.2) is 206 Å². The molecule has 125 heavy (non-hydrogen) atoms. The molecule has 4 N–H and O–H groups in total. The molecule has 0 radical (unpaired) electrons. The summed E-state index contributed by atoms with van der Waals surface area (Å²) >= 11 is 0. The first-order valence-electron chi connectivity index (χ1n) is 43.2. The second-order valence-corrected chi connectivity index (χ2v) is 35.6. The average Bonchev–Trinajstić information content (AvgIpc) is 1.60. The SMILES string of the molecule is CC(=O)C1(n2cc(Nc3nccc(C4=CC5CCC(C4)N5C(=O)[C@@H]4CC4(F)F)n3)cn2)CC1.CC(=O)Cn1cc(Nc2nccc(C3=CC4CCC(C3)N4C(=O)[C@@H]3CC3(F)F)n2)cn1.CCCn1cc(Nc2nccc(C3=CC4CCC(C3)N4C(=O)[C@@H]3CC3(F)F)n2)cn1.O=C([C@@H]1CC1(F)F)N1C2C=C(c3ccnc(Nc4cnn(C5CCC5)c4)n3)CC1CC2. The summed E-state index contributed by atoms with van der Waals surface area (Å²) in [7, 11) is 0. The molecule has 0 spiro atoms. The number of carbonyl (C=O) groups is 6. The molecule has 4 saturated heterocycles. The lowest BCUT2D eigenvalue weighted by Crippen LogP contribution is -2.44. The molecule has 8 unspecified atom stereocenters. The van der Waals surface area contributed by atoms with Crippen LogP contribution in [0.25, 0.3) is 22.3 Å². The zero-order valence-electron chi connectivity index (χ0n) is 68.9. The van der Waals surface area contributed by atoms with Crippen LogP contribution >= 0.6 is 0 Å². The van der Waals surface area contributed by atoms with Gasteiger partial charge in [0, 0.05) is 106 Å². The fraction of sp³-hybridized carbons (Fsp3) is 0.517. The first kappa shape index (κ1) is 82.6. The van der Waals surface area contributed by atoms with Gasteiger partial charge >= 0.3 is 0 Å². The second kappa shape index (κ2) is 32.2. The van der Waals surface area contributed by atoms with Crippen molar-refractivity contribution in [1.82, 2.24) is 98.6 Å². The Balaban J connectivity index is 0.000000109. The maximum Gasteiger partial charge on any atom is 0.260 e. The highest BCUT2D eigenvalue weighted by Crippen LogP contribution is 2.56. The standard InChI is InChI=1S/C23H24F2N6O2.C22H24F2N6O.C21H22F2N6O2.C21H24F2N6O/c1-13(32)22(5-6-22)30-12-15(11-27-30)28-21-26-7-4-19(29-21)14-8-16-2-3-17(9-14)31(16)20(33)18-10-23(18,24)25;23-22(24)10-18(22)20(31)30-16-4-5-17(30)9-13(8-16)19-6-7-25-21(28-19)27-14-11-26-29(12-14)15-2-1-3-15;1-12(30)10-28-11-14(9-25-28)26-20-24-5-4-18(27-20)13-6-15-2-3-16(7-13)29(15)19(31)17-8-21(17,22)23;1-2-7-28-12-14(11-25-28)26-20-24-6-5-18(27-20)13-8-15-3-4-16(9-13)29(15)19(30)17-10-21(17,22)23/h4,7-8,11-12,16-18H,2-3,5-6,9-10H2,1H3,(H,26,28,29);6-8,11-12,15-18H,1-5,9-10H2,(H,25,27,28);4-6,9,11,15-17H,2-3,7-8,10H2,1H3,(H,24,26,27);5-6,8,11-12,15-17H,2-4,7,9-10H2,1H3,(H,24,26,27)/t2*16?,17?,18-;2*15?,16?,17-/m0000/s1. The van der Waals surface area contributed by atoms with Crippen molar-refractivity contribution in [3.05, 3.63) is 146 Å². The van der Waals surface area contributed by atoms with Gasteiger partial charge in [0.2, 0.25) is 47.4 Å². The summed E-state index contributed by atoms with van der Waals surface area (Å²) in [5.74, 6) is -15.6. The fourth-order valence-electron chi connectivity index (χ4n) is 19.3. The lowest BCUT2D eigenvalue weighted by Gasteiger charge is -2.34. The van der Waals surface area contributed by atoms with Crippen molar-refractivity contribution in [2.75, 3.05) is 21.3 Å². The highest BCUT2D eigenvalue weighted by Gasteiger charge is 2.67. The van der Waals surface area contributed by atoms with Crippen molar-refractivity contribution in [2.45, 2.75) is 259 Å². The lowest BCUT2D eigenvalue weighted by molar-refractivity contribution is -0.138. The Morgan fingerprint density at radius 1 is 0.400 bits per heavy atom. The van der Waals surface area contributed by atoms with Crippen molar-refractivity contribution in [3.8, 4) is 0 Å². The summed E-state index contributed by atoms with van der Waals surface area (Å²) < 4.78 is 114. The van der Waals surface area contributed by atoms with Crippen LogP contribution in [0.4, 0.5) is 81.7 Å². The van der Waals surface area contributed by atoms with E-state index in [1.165, 1.54) is 30.9 Å². The highest BCUT2D eigenvalue weighted by molar-refractivity contribution is 5.89. The van der Waals surface area contributed by atoms with Crippen LogP contribution in [-0.2, 0) is 47.4 Å². The van der Waals surface area contributed by atoms with Crippen LogP contribution in [0.2, 0.25) is 0 Å². The molecule has 6 aliphatic carbocycles. The Labute approximate surface area is 712 Å². The van der Waals surface area contributed by atoms with E-state index in [0.717, 1.165) is 134 Å². The van der Waals surface area contributed by atoms with Gasteiger partial charge in [-0.3, -0.25) is 47.5 Å². The number of aryl methyl sites for hydroxylation is 1.